The number of nitrogens with one attached hydrogen (secondary N) is 1. The van der Waals surface area contributed by atoms with Gasteiger partial charge in [0.2, 0.25) is 0 Å². The van der Waals surface area contributed by atoms with Crippen LogP contribution in [0.15, 0.2) is 0 Å². The van der Waals surface area contributed by atoms with E-state index in [0.29, 0.717) is 12.1 Å². The molecule has 0 bridgehead atoms. The summed E-state index contributed by atoms with van der Waals surface area (Å²) in [5, 5.41) is 13.9. The van der Waals surface area contributed by atoms with Gasteiger partial charge in [-0.15, -0.1) is 11.3 Å². The van der Waals surface area contributed by atoms with Crippen LogP contribution in [-0.4, -0.2) is 22.7 Å². The molecule has 4 heteroatoms. The molecule has 1 aromatic heterocycles. The molecule has 110 valence electrons. The molecule has 19 heavy (non-hydrogen) atoms. The standard InChI is InChI=1S/C15H28N2OS/c1-7-12(8-9-18)16-10(2)13-11(3)17-14(19-13)15(4,5)6/h10,12,16,18H,7-9H2,1-6H3. The fourth-order valence-electron chi connectivity index (χ4n) is 2.12. The third kappa shape index (κ3) is 4.55. The van der Waals surface area contributed by atoms with Gasteiger partial charge in [0.25, 0.3) is 0 Å². The van der Waals surface area contributed by atoms with Crippen LogP contribution in [0.1, 0.15) is 69.1 Å². The first kappa shape index (κ1) is 16.6. The van der Waals surface area contributed by atoms with Crippen LogP contribution in [0.2, 0.25) is 0 Å². The maximum absolute atomic E-state index is 9.07. The number of hydrogen-bond acceptors (Lipinski definition) is 4. The Kier molecular flexibility index (Phi) is 5.96. The van der Waals surface area contributed by atoms with Crippen LogP contribution in [0.4, 0.5) is 0 Å². The summed E-state index contributed by atoms with van der Waals surface area (Å²) in [6.07, 6.45) is 1.85. The summed E-state index contributed by atoms with van der Waals surface area (Å²) in [5.41, 5.74) is 1.25. The van der Waals surface area contributed by atoms with Gasteiger partial charge in [0, 0.05) is 29.0 Å². The van der Waals surface area contributed by atoms with E-state index in [-0.39, 0.29) is 12.0 Å². The summed E-state index contributed by atoms with van der Waals surface area (Å²) < 4.78 is 0. The highest BCUT2D eigenvalue weighted by Crippen LogP contribution is 2.32. The molecule has 0 aliphatic carbocycles. The minimum atomic E-state index is 0.114. The molecular weight excluding hydrogens is 256 g/mol. The van der Waals surface area contributed by atoms with E-state index in [0.717, 1.165) is 18.5 Å². The first-order chi connectivity index (χ1) is 8.79. The van der Waals surface area contributed by atoms with E-state index in [1.807, 2.05) is 11.3 Å². The van der Waals surface area contributed by atoms with E-state index >= 15 is 0 Å². The second kappa shape index (κ2) is 6.82. The van der Waals surface area contributed by atoms with Gasteiger partial charge in [-0.25, -0.2) is 4.98 Å². The first-order valence-corrected chi connectivity index (χ1v) is 7.96. The maximum atomic E-state index is 9.07. The van der Waals surface area contributed by atoms with Crippen molar-refractivity contribution >= 4 is 11.3 Å². The van der Waals surface area contributed by atoms with Gasteiger partial charge in [-0.05, 0) is 26.7 Å². The Morgan fingerprint density at radius 2 is 2.00 bits per heavy atom. The molecule has 2 N–H and O–H groups in total. The monoisotopic (exact) mass is 284 g/mol. The van der Waals surface area contributed by atoms with E-state index in [1.54, 1.807) is 0 Å². The van der Waals surface area contributed by atoms with Gasteiger partial charge < -0.3 is 10.4 Å². The highest BCUT2D eigenvalue weighted by molar-refractivity contribution is 7.12. The van der Waals surface area contributed by atoms with Crippen molar-refractivity contribution in [2.24, 2.45) is 0 Å². The molecule has 0 saturated carbocycles. The van der Waals surface area contributed by atoms with Crippen molar-refractivity contribution in [2.45, 2.75) is 71.9 Å². The minimum absolute atomic E-state index is 0.114. The molecule has 1 heterocycles. The van der Waals surface area contributed by atoms with E-state index in [4.69, 9.17) is 10.1 Å². The predicted octanol–water partition coefficient (Wildman–Crippen LogP) is 3.56. The van der Waals surface area contributed by atoms with Crippen LogP contribution in [-0.2, 0) is 5.41 Å². The molecule has 0 fully saturated rings. The SMILES string of the molecule is CCC(CCO)NC(C)c1sc(C(C)(C)C)nc1C. The van der Waals surface area contributed by atoms with Crippen molar-refractivity contribution in [3.8, 4) is 0 Å². The summed E-state index contributed by atoms with van der Waals surface area (Å²) in [4.78, 5) is 6.03. The van der Waals surface area contributed by atoms with E-state index in [9.17, 15) is 0 Å². The zero-order valence-corrected chi connectivity index (χ0v) is 13.9. The van der Waals surface area contributed by atoms with Crippen LogP contribution in [0.5, 0.6) is 0 Å². The van der Waals surface area contributed by atoms with Crippen LogP contribution in [0.3, 0.4) is 0 Å². The summed E-state index contributed by atoms with van der Waals surface area (Å²) >= 11 is 1.81. The molecule has 0 aliphatic rings. The molecule has 0 aliphatic heterocycles. The molecular formula is C15H28N2OS. The molecule has 2 atom stereocenters. The van der Waals surface area contributed by atoms with E-state index < -0.39 is 0 Å². The van der Waals surface area contributed by atoms with E-state index in [2.05, 4.69) is 46.9 Å². The number of nitrogens with zero attached hydrogens (tertiary/aromatic N) is 1. The average Bonchev–Trinajstić information content (AvgIpc) is 2.70. The molecule has 0 saturated heterocycles. The summed E-state index contributed by atoms with van der Waals surface area (Å²) in [6.45, 7) is 13.3. The first-order valence-electron chi connectivity index (χ1n) is 7.14. The predicted molar refractivity (Wildman–Crippen MR) is 82.9 cm³/mol. The lowest BCUT2D eigenvalue weighted by Gasteiger charge is -2.21. The van der Waals surface area contributed by atoms with Crippen LogP contribution >= 0.6 is 11.3 Å². The molecule has 0 aromatic carbocycles. The lowest BCUT2D eigenvalue weighted by atomic mass is 9.98. The van der Waals surface area contributed by atoms with Gasteiger partial charge in [0.15, 0.2) is 0 Å². The van der Waals surface area contributed by atoms with Crippen LogP contribution < -0.4 is 5.32 Å². The average molecular weight is 284 g/mol. The number of aromatic nitrogens is 1. The van der Waals surface area contributed by atoms with Crippen molar-refractivity contribution < 1.29 is 5.11 Å². The second-order valence-electron chi connectivity index (χ2n) is 6.22. The maximum Gasteiger partial charge on any atom is 0.0985 e. The normalized spacial score (nSPS) is 15.5. The fraction of sp³-hybridized carbons (Fsp3) is 0.800. The van der Waals surface area contributed by atoms with Gasteiger partial charge in [-0.1, -0.05) is 27.7 Å². The summed E-state index contributed by atoms with van der Waals surface area (Å²) in [5.74, 6) is 0. The van der Waals surface area contributed by atoms with Gasteiger partial charge in [-0.3, -0.25) is 0 Å². The fourth-order valence-corrected chi connectivity index (χ4v) is 3.26. The largest absolute Gasteiger partial charge is 0.396 e. The summed E-state index contributed by atoms with van der Waals surface area (Å²) in [6, 6.07) is 0.671. The number of rotatable bonds is 6. The van der Waals surface area contributed by atoms with Crippen molar-refractivity contribution in [1.82, 2.24) is 10.3 Å². The number of hydrogen-bond donors (Lipinski definition) is 2. The molecule has 2 unspecified atom stereocenters. The second-order valence-corrected chi connectivity index (χ2v) is 7.26. The third-order valence-electron chi connectivity index (χ3n) is 3.32. The Balaban J connectivity index is 2.82. The molecule has 0 amide bonds. The van der Waals surface area contributed by atoms with Crippen molar-refractivity contribution in [2.75, 3.05) is 6.61 Å². The molecule has 0 radical (unpaired) electrons. The number of aryl methyl sites for hydroxylation is 1. The Morgan fingerprint density at radius 3 is 2.42 bits per heavy atom. The van der Waals surface area contributed by atoms with Gasteiger partial charge in [0.05, 0.1) is 10.7 Å². The smallest absolute Gasteiger partial charge is 0.0985 e. The number of aliphatic hydroxyl groups is 1. The Bertz CT molecular complexity index is 395. The van der Waals surface area contributed by atoms with E-state index in [1.165, 1.54) is 9.88 Å². The van der Waals surface area contributed by atoms with Crippen LogP contribution in [0, 0.1) is 6.92 Å². The number of aliphatic hydroxyl groups excluding tert-OH is 1. The highest BCUT2D eigenvalue weighted by atomic mass is 32.1. The molecule has 0 spiro atoms. The molecule has 3 nitrogen and oxygen atoms in total. The Morgan fingerprint density at radius 1 is 1.37 bits per heavy atom. The third-order valence-corrected chi connectivity index (χ3v) is 5.09. The summed E-state index contributed by atoms with van der Waals surface area (Å²) in [7, 11) is 0. The Labute approximate surface area is 121 Å². The highest BCUT2D eigenvalue weighted by Gasteiger charge is 2.23. The zero-order valence-electron chi connectivity index (χ0n) is 13.1. The van der Waals surface area contributed by atoms with Crippen LogP contribution in [0.25, 0.3) is 0 Å². The Hall–Kier alpha value is -0.450. The topological polar surface area (TPSA) is 45.1 Å². The van der Waals surface area contributed by atoms with Crippen molar-refractivity contribution in [1.29, 1.82) is 0 Å². The minimum Gasteiger partial charge on any atom is -0.396 e. The molecule has 1 rings (SSSR count). The van der Waals surface area contributed by atoms with Gasteiger partial charge in [0.1, 0.15) is 0 Å². The van der Waals surface area contributed by atoms with Crippen molar-refractivity contribution in [3.05, 3.63) is 15.6 Å². The van der Waals surface area contributed by atoms with Crippen molar-refractivity contribution in [3.63, 3.8) is 0 Å². The van der Waals surface area contributed by atoms with Gasteiger partial charge >= 0.3 is 0 Å². The number of thiazole rings is 1. The zero-order chi connectivity index (χ0) is 14.6. The quantitative estimate of drug-likeness (QED) is 0.839. The lowest BCUT2D eigenvalue weighted by Crippen LogP contribution is -2.31. The lowest BCUT2D eigenvalue weighted by molar-refractivity contribution is 0.257. The van der Waals surface area contributed by atoms with Gasteiger partial charge in [-0.2, -0.15) is 0 Å². The molecule has 1 aromatic rings.